The maximum absolute atomic E-state index is 12.8. The number of hydrogen-bond acceptors (Lipinski definition) is 8. The quantitative estimate of drug-likeness (QED) is 0.0195. The number of rotatable bonds is 55. The molecule has 0 spiro atoms. The molecule has 0 aromatic carbocycles. The Morgan fingerprint density at radius 1 is 0.410 bits per heavy atom. The molecule has 0 fully saturated rings. The summed E-state index contributed by atoms with van der Waals surface area (Å²) in [5, 5.41) is 0. The minimum absolute atomic E-state index is 0.0433. The highest BCUT2D eigenvalue weighted by Crippen LogP contribution is 2.38. The highest BCUT2D eigenvalue weighted by Gasteiger charge is 2.21. The molecule has 0 aliphatic heterocycles. The molecule has 0 aliphatic carbocycles. The molecule has 0 amide bonds. The fraction of sp³-hybridized carbons (Fsp3) is 0.647. The molecule has 0 radical (unpaired) electrons. The van der Waals surface area contributed by atoms with Gasteiger partial charge < -0.3 is 27.9 Å². The molecule has 0 bridgehead atoms. The van der Waals surface area contributed by atoms with Crippen molar-refractivity contribution in [3.05, 3.63) is 134 Å². The predicted molar refractivity (Wildman–Crippen MR) is 332 cm³/mol. The van der Waals surface area contributed by atoms with Crippen LogP contribution in [-0.2, 0) is 32.7 Å². The van der Waals surface area contributed by atoms with Crippen LogP contribution in [0.1, 0.15) is 232 Å². The second-order valence-corrected chi connectivity index (χ2v) is 22.8. The van der Waals surface area contributed by atoms with Crippen molar-refractivity contribution in [1.29, 1.82) is 0 Å². The topological polar surface area (TPSA) is 111 Å². The minimum atomic E-state index is -4.65. The number of phosphoric ester groups is 1. The van der Waals surface area contributed by atoms with E-state index in [1.807, 2.05) is 21.1 Å². The fourth-order valence-corrected chi connectivity index (χ4v) is 8.68. The first-order chi connectivity index (χ1) is 38.0. The second kappa shape index (κ2) is 57.8. The van der Waals surface area contributed by atoms with E-state index in [0.717, 1.165) is 109 Å². The number of hydrogen-bond donors (Lipinski definition) is 0. The standard InChI is InChI=1S/C68H114NO8P/c1-6-8-10-12-14-16-18-20-22-24-25-26-27-28-29-30-31-32-33-34-35-36-37-38-39-40-41-42-43-45-47-49-51-53-55-57-59-61-68(71)77-66(65-76-78(72,73)75-63-62-69(3,4)5)64-74-67(70)60-58-56-54-52-50-48-46-44-23-21-19-17-15-13-11-9-7-2/h8,10,14,16,20,22,25-26,28-29,31-32,34-35,37-38,40-41,43,45,49,51,66H,6-7,9,11-13,15,17-19,21,23-24,27,30,33,36,39,42,44,46-48,50,52-65H2,1-5H3/b10-8-,16-14-,22-20-,26-25-,29-28-,32-31-,35-34-,38-37-,41-40-,45-43-,51-49-. The number of carbonyl (C=O) groups excluding carboxylic acids is 2. The Bertz CT molecular complexity index is 1780. The maximum Gasteiger partial charge on any atom is 0.306 e. The number of likely N-dealkylation sites (N-methyl/N-ethyl adjacent to an activating group) is 1. The first-order valence-corrected chi connectivity index (χ1v) is 32.4. The lowest BCUT2D eigenvalue weighted by Gasteiger charge is -2.28. The van der Waals surface area contributed by atoms with Gasteiger partial charge >= 0.3 is 11.9 Å². The number of phosphoric acid groups is 1. The monoisotopic (exact) mass is 1100 g/mol. The van der Waals surface area contributed by atoms with Gasteiger partial charge in [0.05, 0.1) is 27.7 Å². The number of esters is 2. The van der Waals surface area contributed by atoms with Crippen molar-refractivity contribution < 1.29 is 42.1 Å². The molecule has 0 aromatic heterocycles. The number of carbonyl (C=O) groups is 2. The molecule has 0 saturated heterocycles. The third kappa shape index (κ3) is 61.4. The van der Waals surface area contributed by atoms with E-state index < -0.39 is 32.5 Å². The third-order valence-corrected chi connectivity index (χ3v) is 13.6. The van der Waals surface area contributed by atoms with Gasteiger partial charge in [-0.15, -0.1) is 0 Å². The number of ether oxygens (including phenoxy) is 2. The lowest BCUT2D eigenvalue weighted by Crippen LogP contribution is -2.37. The molecule has 9 nitrogen and oxygen atoms in total. The van der Waals surface area contributed by atoms with E-state index in [2.05, 4.69) is 148 Å². The molecule has 0 N–H and O–H groups in total. The third-order valence-electron chi connectivity index (χ3n) is 12.7. The number of allylic oxidation sites excluding steroid dienone is 22. The summed E-state index contributed by atoms with van der Waals surface area (Å²) in [7, 11) is 1.13. The van der Waals surface area contributed by atoms with Crippen LogP contribution in [0.25, 0.3) is 0 Å². The average molecular weight is 1100 g/mol. The number of quaternary nitrogens is 1. The summed E-state index contributed by atoms with van der Waals surface area (Å²) < 4.78 is 34.1. The molecule has 2 atom stereocenters. The van der Waals surface area contributed by atoms with E-state index in [4.69, 9.17) is 18.5 Å². The van der Waals surface area contributed by atoms with Crippen LogP contribution in [0.15, 0.2) is 134 Å². The van der Waals surface area contributed by atoms with Crippen molar-refractivity contribution >= 4 is 19.8 Å². The summed E-state index contributed by atoms with van der Waals surface area (Å²) in [6, 6.07) is 0. The van der Waals surface area contributed by atoms with Gasteiger partial charge in [-0.2, -0.15) is 0 Å². The summed E-state index contributed by atoms with van der Waals surface area (Å²) in [6.45, 7) is 4.08. The van der Waals surface area contributed by atoms with Gasteiger partial charge in [-0.3, -0.25) is 14.2 Å². The van der Waals surface area contributed by atoms with E-state index in [1.54, 1.807) is 0 Å². The van der Waals surface area contributed by atoms with E-state index in [0.29, 0.717) is 17.4 Å². The van der Waals surface area contributed by atoms with Crippen molar-refractivity contribution in [2.45, 2.75) is 238 Å². The number of nitrogens with zero attached hydrogens (tertiary/aromatic N) is 1. The van der Waals surface area contributed by atoms with E-state index >= 15 is 0 Å². The molecule has 0 saturated carbocycles. The van der Waals surface area contributed by atoms with Gasteiger partial charge in [0, 0.05) is 12.8 Å². The summed E-state index contributed by atoms with van der Waals surface area (Å²) in [5.41, 5.74) is 0. The summed E-state index contributed by atoms with van der Waals surface area (Å²) in [5.74, 6) is -0.875. The Balaban J connectivity index is 4.23. The zero-order chi connectivity index (χ0) is 57.0. The molecular weight excluding hydrogens is 990 g/mol. The minimum Gasteiger partial charge on any atom is -0.756 e. The van der Waals surface area contributed by atoms with Gasteiger partial charge in [0.1, 0.15) is 19.8 Å². The van der Waals surface area contributed by atoms with Gasteiger partial charge in [-0.25, -0.2) is 0 Å². The van der Waals surface area contributed by atoms with Crippen LogP contribution in [0, 0.1) is 0 Å². The van der Waals surface area contributed by atoms with Crippen LogP contribution in [0.3, 0.4) is 0 Å². The maximum atomic E-state index is 12.8. The van der Waals surface area contributed by atoms with Crippen molar-refractivity contribution in [2.24, 2.45) is 0 Å². The van der Waals surface area contributed by atoms with Crippen LogP contribution in [0.5, 0.6) is 0 Å². The van der Waals surface area contributed by atoms with Crippen LogP contribution < -0.4 is 4.89 Å². The molecule has 0 heterocycles. The predicted octanol–water partition coefficient (Wildman–Crippen LogP) is 19.1. The Kier molecular flexibility index (Phi) is 55.0. The van der Waals surface area contributed by atoms with Gasteiger partial charge in [-0.05, 0) is 96.3 Å². The first-order valence-electron chi connectivity index (χ1n) is 30.9. The number of unbranched alkanes of at least 4 members (excludes halogenated alkanes) is 19. The zero-order valence-corrected chi connectivity index (χ0v) is 51.2. The summed E-state index contributed by atoms with van der Waals surface area (Å²) in [4.78, 5) is 37.9. The Morgan fingerprint density at radius 3 is 1.09 bits per heavy atom. The van der Waals surface area contributed by atoms with E-state index in [9.17, 15) is 19.0 Å². The Morgan fingerprint density at radius 2 is 0.731 bits per heavy atom. The van der Waals surface area contributed by atoms with E-state index in [1.165, 1.54) is 89.9 Å². The highest BCUT2D eigenvalue weighted by atomic mass is 31.2. The highest BCUT2D eigenvalue weighted by molar-refractivity contribution is 7.45. The van der Waals surface area contributed by atoms with Gasteiger partial charge in [0.2, 0.25) is 0 Å². The average Bonchev–Trinajstić information content (AvgIpc) is 3.41. The van der Waals surface area contributed by atoms with Crippen molar-refractivity contribution in [3.63, 3.8) is 0 Å². The molecule has 0 aromatic rings. The van der Waals surface area contributed by atoms with Gasteiger partial charge in [0.15, 0.2) is 6.10 Å². The molecule has 10 heteroatoms. The first kappa shape index (κ1) is 74.2. The molecule has 0 aliphatic rings. The van der Waals surface area contributed by atoms with Crippen LogP contribution in [0.4, 0.5) is 0 Å². The zero-order valence-electron chi connectivity index (χ0n) is 50.3. The smallest absolute Gasteiger partial charge is 0.306 e. The molecule has 444 valence electrons. The molecule has 2 unspecified atom stereocenters. The Hall–Kier alpha value is -3.85. The summed E-state index contributed by atoms with van der Waals surface area (Å²) >= 11 is 0. The molecular formula is C68H114NO8P. The van der Waals surface area contributed by atoms with Crippen molar-refractivity contribution in [2.75, 3.05) is 47.5 Å². The largest absolute Gasteiger partial charge is 0.756 e. The van der Waals surface area contributed by atoms with Crippen LogP contribution in [-0.4, -0.2) is 70.0 Å². The Labute approximate surface area is 479 Å². The molecule has 0 rings (SSSR count). The van der Waals surface area contributed by atoms with Crippen molar-refractivity contribution in [1.82, 2.24) is 0 Å². The lowest BCUT2D eigenvalue weighted by atomic mass is 10.0. The van der Waals surface area contributed by atoms with Crippen LogP contribution >= 0.6 is 7.82 Å². The normalized spacial score (nSPS) is 14.2. The van der Waals surface area contributed by atoms with Gasteiger partial charge in [0.25, 0.3) is 7.82 Å². The van der Waals surface area contributed by atoms with E-state index in [-0.39, 0.29) is 26.1 Å². The van der Waals surface area contributed by atoms with Crippen LogP contribution in [0.2, 0.25) is 0 Å². The lowest BCUT2D eigenvalue weighted by molar-refractivity contribution is -0.870. The van der Waals surface area contributed by atoms with Crippen molar-refractivity contribution in [3.8, 4) is 0 Å². The fourth-order valence-electron chi connectivity index (χ4n) is 7.95. The summed E-state index contributed by atoms with van der Waals surface area (Å²) in [6.07, 6.45) is 83.6. The SMILES string of the molecule is CC/C=C\C/C=C\C/C=C\C/C=C\C/C=C\C/C=C\C/C=C\C/C=C\C/C=C\C/C=C\C/C=C\CCCCCC(=O)OC(COC(=O)CCCCCCCCCCCCCCCCCCC)COP(=O)([O-])OCC[N+](C)(C)C. The van der Waals surface area contributed by atoms with Gasteiger partial charge in [-0.1, -0.05) is 257 Å². The molecule has 78 heavy (non-hydrogen) atoms. The second-order valence-electron chi connectivity index (χ2n) is 21.3.